The molecule has 0 radical (unpaired) electrons. The second-order valence-electron chi connectivity index (χ2n) is 16.4. The molecule has 3 saturated carbocycles. The number of carbonyl (C=O) groups is 1. The van der Waals surface area contributed by atoms with Crippen LogP contribution in [0, 0.1) is 44.8 Å². The number of hydrogen-bond donors (Lipinski definition) is 4. The van der Waals surface area contributed by atoms with E-state index in [4.69, 9.17) is 9.47 Å². The number of carboxylic acids is 1. The average Bonchev–Trinajstić information content (AvgIpc) is 2.92. The molecule has 0 spiro atoms. The molecule has 6 rings (SSSR count). The van der Waals surface area contributed by atoms with E-state index in [0.29, 0.717) is 11.8 Å². The van der Waals surface area contributed by atoms with Crippen molar-refractivity contribution >= 4 is 5.97 Å². The molecule has 0 aromatic heterocycles. The quantitative estimate of drug-likeness (QED) is 0.251. The van der Waals surface area contributed by atoms with E-state index in [0.717, 1.165) is 57.8 Å². The van der Waals surface area contributed by atoms with Gasteiger partial charge < -0.3 is 29.9 Å². The highest BCUT2D eigenvalue weighted by Crippen LogP contribution is 2.75. The number of hydrogen-bond acceptors (Lipinski definition) is 6. The standard InChI is InChI=1S/C35H54O7/c1-19-10-15-35(30(39)40)17-16-33(6)21(26(35)20(19)2)8-9-24-32(5)13-12-25(31(3,4)23(32)11-14-34(24,33)7)42-29-28(38)27(37)22(36)18-41-29/h8,22-29,36-38H,9-18H2,1-7H3,(H,39,40). The number of allylic oxidation sites excluding steroid dienone is 4. The van der Waals surface area contributed by atoms with Gasteiger partial charge in [0, 0.05) is 5.92 Å². The van der Waals surface area contributed by atoms with Crippen LogP contribution in [0.15, 0.2) is 22.8 Å². The first-order valence-corrected chi connectivity index (χ1v) is 16.5. The van der Waals surface area contributed by atoms with Crippen molar-refractivity contribution in [3.63, 3.8) is 0 Å². The summed E-state index contributed by atoms with van der Waals surface area (Å²) in [5.74, 6) is 0.288. The van der Waals surface area contributed by atoms with Gasteiger partial charge in [-0.2, -0.15) is 0 Å². The molecule has 4 fully saturated rings. The highest BCUT2D eigenvalue weighted by Gasteiger charge is 2.69. The van der Waals surface area contributed by atoms with Gasteiger partial charge in [0.05, 0.1) is 18.1 Å². The molecule has 42 heavy (non-hydrogen) atoms. The van der Waals surface area contributed by atoms with E-state index in [1.54, 1.807) is 0 Å². The summed E-state index contributed by atoms with van der Waals surface area (Å²) in [6.07, 6.45) is 6.10. The van der Waals surface area contributed by atoms with Gasteiger partial charge in [0.15, 0.2) is 6.29 Å². The zero-order chi connectivity index (χ0) is 30.6. The van der Waals surface area contributed by atoms with Crippen LogP contribution in [0.2, 0.25) is 0 Å². The van der Waals surface area contributed by atoms with Crippen LogP contribution in [0.5, 0.6) is 0 Å². The monoisotopic (exact) mass is 586 g/mol. The maximum absolute atomic E-state index is 12.9. The third-order valence-electron chi connectivity index (χ3n) is 14.6. The Bertz CT molecular complexity index is 1190. The number of carboxylic acid groups (broad SMARTS) is 1. The van der Waals surface area contributed by atoms with Crippen LogP contribution >= 0.6 is 0 Å². The van der Waals surface area contributed by atoms with Crippen molar-refractivity contribution in [2.45, 2.75) is 137 Å². The fraction of sp³-hybridized carbons (Fsp3) is 0.857. The molecule has 1 heterocycles. The van der Waals surface area contributed by atoms with Crippen molar-refractivity contribution in [1.82, 2.24) is 0 Å². The van der Waals surface area contributed by atoms with E-state index >= 15 is 0 Å². The fourth-order valence-corrected chi connectivity index (χ4v) is 11.7. The summed E-state index contributed by atoms with van der Waals surface area (Å²) in [6.45, 7) is 16.5. The normalized spacial score (nSPS) is 51.9. The number of rotatable bonds is 3. The number of aliphatic hydroxyl groups is 3. The molecule has 0 aromatic rings. The second-order valence-corrected chi connectivity index (χ2v) is 16.4. The lowest BCUT2D eigenvalue weighted by Crippen LogP contribution is -2.65. The predicted octanol–water partition coefficient (Wildman–Crippen LogP) is 5.62. The Labute approximate surface area is 251 Å². The van der Waals surface area contributed by atoms with E-state index in [1.807, 2.05) is 0 Å². The van der Waals surface area contributed by atoms with Crippen molar-refractivity contribution < 1.29 is 34.7 Å². The number of aliphatic hydroxyl groups excluding tert-OH is 3. The molecular weight excluding hydrogens is 532 g/mol. The summed E-state index contributed by atoms with van der Waals surface area (Å²) in [5.41, 5.74) is 3.36. The zero-order valence-corrected chi connectivity index (χ0v) is 26.8. The molecule has 6 aliphatic rings. The molecule has 0 bridgehead atoms. The smallest absolute Gasteiger partial charge is 0.310 e. The Morgan fingerprint density at radius 3 is 2.33 bits per heavy atom. The van der Waals surface area contributed by atoms with Gasteiger partial charge >= 0.3 is 5.97 Å². The Kier molecular flexibility index (Phi) is 7.23. The van der Waals surface area contributed by atoms with Crippen LogP contribution in [0.1, 0.15) is 106 Å². The van der Waals surface area contributed by atoms with Gasteiger partial charge in [-0.25, -0.2) is 0 Å². The number of fused-ring (bicyclic) bond motifs is 7. The van der Waals surface area contributed by atoms with Crippen molar-refractivity contribution in [3.8, 4) is 0 Å². The van der Waals surface area contributed by atoms with Gasteiger partial charge in [0.1, 0.15) is 18.3 Å². The molecule has 1 aliphatic heterocycles. The van der Waals surface area contributed by atoms with Crippen molar-refractivity contribution in [2.24, 2.45) is 44.8 Å². The number of aliphatic carboxylic acids is 1. The highest BCUT2D eigenvalue weighted by atomic mass is 16.7. The molecule has 7 nitrogen and oxygen atoms in total. The highest BCUT2D eigenvalue weighted by molar-refractivity contribution is 5.78. The van der Waals surface area contributed by atoms with Crippen molar-refractivity contribution in [2.75, 3.05) is 6.61 Å². The molecule has 12 atom stereocenters. The third kappa shape index (κ3) is 3.92. The van der Waals surface area contributed by atoms with E-state index in [-0.39, 0.29) is 40.3 Å². The summed E-state index contributed by atoms with van der Waals surface area (Å²) < 4.78 is 12.1. The fourth-order valence-electron chi connectivity index (χ4n) is 11.7. The molecule has 7 heteroatoms. The lowest BCUT2D eigenvalue weighted by molar-refractivity contribution is -0.308. The molecule has 236 valence electrons. The Hall–Kier alpha value is -1.25. The van der Waals surface area contributed by atoms with E-state index in [9.17, 15) is 25.2 Å². The topological polar surface area (TPSA) is 116 Å². The van der Waals surface area contributed by atoms with E-state index < -0.39 is 36.0 Å². The Morgan fingerprint density at radius 2 is 1.64 bits per heavy atom. The maximum Gasteiger partial charge on any atom is 0.310 e. The molecule has 0 aromatic carbocycles. The summed E-state index contributed by atoms with van der Waals surface area (Å²) in [6, 6.07) is 0. The maximum atomic E-state index is 12.9. The molecule has 1 saturated heterocycles. The summed E-state index contributed by atoms with van der Waals surface area (Å²) in [5, 5.41) is 41.3. The van der Waals surface area contributed by atoms with Gasteiger partial charge in [0.2, 0.25) is 0 Å². The molecule has 0 amide bonds. The third-order valence-corrected chi connectivity index (χ3v) is 14.6. The minimum Gasteiger partial charge on any atom is -0.481 e. The van der Waals surface area contributed by atoms with E-state index in [2.05, 4.69) is 54.5 Å². The van der Waals surface area contributed by atoms with E-state index in [1.165, 1.54) is 16.7 Å². The molecule has 4 N–H and O–H groups in total. The second kappa shape index (κ2) is 9.87. The van der Waals surface area contributed by atoms with Crippen LogP contribution in [-0.4, -0.2) is 63.7 Å². The van der Waals surface area contributed by atoms with Crippen LogP contribution < -0.4 is 0 Å². The average molecular weight is 587 g/mol. The minimum absolute atomic E-state index is 0.00201. The molecule has 5 aliphatic carbocycles. The number of ether oxygens (including phenoxy) is 2. The molecular formula is C35H54O7. The van der Waals surface area contributed by atoms with Crippen LogP contribution in [0.3, 0.4) is 0 Å². The largest absolute Gasteiger partial charge is 0.481 e. The van der Waals surface area contributed by atoms with Crippen molar-refractivity contribution in [3.05, 3.63) is 22.8 Å². The van der Waals surface area contributed by atoms with Crippen molar-refractivity contribution in [1.29, 1.82) is 0 Å². The first-order valence-electron chi connectivity index (χ1n) is 16.5. The molecule has 12 unspecified atom stereocenters. The van der Waals surface area contributed by atoms with Gasteiger partial charge in [-0.1, -0.05) is 57.4 Å². The zero-order valence-electron chi connectivity index (χ0n) is 26.8. The van der Waals surface area contributed by atoms with Gasteiger partial charge in [-0.15, -0.1) is 0 Å². The first kappa shape index (κ1) is 30.8. The lowest BCUT2D eigenvalue weighted by Gasteiger charge is -2.71. The minimum atomic E-state index is -1.28. The summed E-state index contributed by atoms with van der Waals surface area (Å²) in [7, 11) is 0. The van der Waals surface area contributed by atoms with Gasteiger partial charge in [-0.3, -0.25) is 4.79 Å². The van der Waals surface area contributed by atoms with Gasteiger partial charge in [-0.05, 0) is 105 Å². The predicted molar refractivity (Wildman–Crippen MR) is 159 cm³/mol. The summed E-state index contributed by atoms with van der Waals surface area (Å²) in [4.78, 5) is 12.9. The van der Waals surface area contributed by atoms with Crippen LogP contribution in [0.4, 0.5) is 0 Å². The van der Waals surface area contributed by atoms with Crippen LogP contribution in [0.25, 0.3) is 0 Å². The first-order chi connectivity index (χ1) is 19.5. The SMILES string of the molecule is CC1=C(C)C2C3=CCC4C5(C)CCC(OC6OCC(O)C(O)C6O)C(C)(C)C5CCC4(C)C3(C)CCC2(C(=O)O)CC1. The summed E-state index contributed by atoms with van der Waals surface area (Å²) >= 11 is 0. The Morgan fingerprint density at radius 1 is 0.929 bits per heavy atom. The van der Waals surface area contributed by atoms with Gasteiger partial charge in [0.25, 0.3) is 0 Å². The van der Waals surface area contributed by atoms with Crippen LogP contribution in [-0.2, 0) is 14.3 Å². The Balaban J connectivity index is 1.32. The lowest BCUT2D eigenvalue weighted by atomic mass is 9.34.